The Balaban J connectivity index is 1.79. The quantitative estimate of drug-likeness (QED) is 0.767. The van der Waals surface area contributed by atoms with Gasteiger partial charge in [-0.25, -0.2) is 13.1 Å². The lowest BCUT2D eigenvalue weighted by Crippen LogP contribution is -2.23. The number of sulfonamides is 1. The molecule has 2 heterocycles. The Kier molecular flexibility index (Phi) is 3.79. The fourth-order valence-corrected chi connectivity index (χ4v) is 3.20. The van der Waals surface area contributed by atoms with Crippen LogP contribution in [0.15, 0.2) is 28.1 Å². The van der Waals surface area contributed by atoms with E-state index < -0.39 is 10.0 Å². The van der Waals surface area contributed by atoms with Gasteiger partial charge < -0.3 is 14.4 Å². The molecule has 0 unspecified atom stereocenters. The smallest absolute Gasteiger partial charge is 0.242 e. The van der Waals surface area contributed by atoms with E-state index in [-0.39, 0.29) is 11.4 Å². The molecule has 114 valence electrons. The van der Waals surface area contributed by atoms with Gasteiger partial charge in [-0.05, 0) is 26.0 Å². The summed E-state index contributed by atoms with van der Waals surface area (Å²) in [5.74, 6) is 0.302. The van der Waals surface area contributed by atoms with Crippen LogP contribution in [-0.2, 0) is 23.1 Å². The second-order valence-electron chi connectivity index (χ2n) is 5.01. The molecule has 0 spiro atoms. The van der Waals surface area contributed by atoms with Crippen LogP contribution in [0, 0.1) is 0 Å². The monoisotopic (exact) mass is 311 g/mol. The Hall–Kier alpha value is -1.71. The lowest BCUT2D eigenvalue weighted by molar-refractivity contribution is 0.409. The van der Waals surface area contributed by atoms with Gasteiger partial charge in [0.15, 0.2) is 5.82 Å². The van der Waals surface area contributed by atoms with Gasteiger partial charge >= 0.3 is 0 Å². The molecular formula is C12H17N5O3S. The van der Waals surface area contributed by atoms with Gasteiger partial charge in [-0.1, -0.05) is 5.16 Å². The van der Waals surface area contributed by atoms with E-state index in [0.29, 0.717) is 18.4 Å². The summed E-state index contributed by atoms with van der Waals surface area (Å²) in [6.07, 6.45) is 5.06. The summed E-state index contributed by atoms with van der Waals surface area (Å²) >= 11 is 0. The molecule has 0 aliphatic heterocycles. The van der Waals surface area contributed by atoms with Crippen LogP contribution >= 0.6 is 0 Å². The van der Waals surface area contributed by atoms with E-state index >= 15 is 0 Å². The third-order valence-electron chi connectivity index (χ3n) is 3.34. The minimum absolute atomic E-state index is 0.00873. The normalized spacial score (nSPS) is 15.5. The number of hydrogen-bond acceptors (Lipinski definition) is 6. The van der Waals surface area contributed by atoms with E-state index in [1.807, 2.05) is 11.6 Å². The molecule has 0 aromatic carbocycles. The summed E-state index contributed by atoms with van der Waals surface area (Å²) < 4.78 is 33.7. The predicted molar refractivity (Wildman–Crippen MR) is 73.8 cm³/mol. The first-order valence-corrected chi connectivity index (χ1v) is 8.19. The van der Waals surface area contributed by atoms with E-state index in [9.17, 15) is 8.42 Å². The van der Waals surface area contributed by atoms with Gasteiger partial charge in [0.25, 0.3) is 0 Å². The molecule has 8 nitrogen and oxygen atoms in total. The molecule has 2 N–H and O–H groups in total. The minimum Gasteiger partial charge on any atom is -0.346 e. The summed E-state index contributed by atoms with van der Waals surface area (Å²) in [5.41, 5.74) is 0.972. The largest absolute Gasteiger partial charge is 0.346 e. The number of aromatic nitrogens is 3. The number of rotatable bonds is 7. The molecule has 9 heteroatoms. The molecule has 2 aromatic heterocycles. The fourth-order valence-electron chi connectivity index (χ4n) is 2.17. The van der Waals surface area contributed by atoms with Crippen molar-refractivity contribution >= 4 is 10.0 Å². The third kappa shape index (κ3) is 3.14. The second kappa shape index (κ2) is 5.58. The lowest BCUT2D eigenvalue weighted by atomic mass is 10.4. The molecule has 1 saturated carbocycles. The van der Waals surface area contributed by atoms with Gasteiger partial charge in [0.05, 0.1) is 11.4 Å². The standard InChI is InChI=1S/C12H17N5O3S/c1-13-5-10-4-11(7-17(10)9-2-3-9)21(18,19)15-6-12-14-8-20-16-12/h4,7-9,13,15H,2-3,5-6H2,1H3. The Morgan fingerprint density at radius 2 is 2.24 bits per heavy atom. The molecule has 1 aliphatic rings. The second-order valence-corrected chi connectivity index (χ2v) is 6.77. The summed E-state index contributed by atoms with van der Waals surface area (Å²) in [6, 6.07) is 2.13. The van der Waals surface area contributed by atoms with Crippen molar-refractivity contribution in [2.75, 3.05) is 7.05 Å². The van der Waals surface area contributed by atoms with E-state index in [1.165, 1.54) is 0 Å². The van der Waals surface area contributed by atoms with Crippen LogP contribution in [0.2, 0.25) is 0 Å². The number of nitrogens with one attached hydrogen (secondary N) is 2. The van der Waals surface area contributed by atoms with Crippen LogP contribution < -0.4 is 10.0 Å². The summed E-state index contributed by atoms with van der Waals surface area (Å²) in [6.45, 7) is 0.645. The summed E-state index contributed by atoms with van der Waals surface area (Å²) in [4.78, 5) is 4.05. The Morgan fingerprint density at radius 1 is 1.43 bits per heavy atom. The van der Waals surface area contributed by atoms with Crippen molar-refractivity contribution in [3.05, 3.63) is 30.2 Å². The van der Waals surface area contributed by atoms with Gasteiger partial charge in [0.2, 0.25) is 16.4 Å². The maximum absolute atomic E-state index is 12.3. The molecular weight excluding hydrogens is 294 g/mol. The molecule has 1 aliphatic carbocycles. The van der Waals surface area contributed by atoms with Gasteiger partial charge in [-0.3, -0.25) is 0 Å². The first-order chi connectivity index (χ1) is 10.1. The highest BCUT2D eigenvalue weighted by molar-refractivity contribution is 7.89. The van der Waals surface area contributed by atoms with Crippen LogP contribution in [0.5, 0.6) is 0 Å². The average molecular weight is 311 g/mol. The molecule has 0 bridgehead atoms. The molecule has 0 saturated heterocycles. The van der Waals surface area contributed by atoms with Crippen LogP contribution in [0.25, 0.3) is 0 Å². The topological polar surface area (TPSA) is 102 Å². The average Bonchev–Trinajstić information content (AvgIpc) is 3.00. The van der Waals surface area contributed by atoms with Crippen molar-refractivity contribution in [1.29, 1.82) is 0 Å². The van der Waals surface area contributed by atoms with E-state index in [2.05, 4.69) is 24.7 Å². The highest BCUT2D eigenvalue weighted by Crippen LogP contribution is 2.37. The van der Waals surface area contributed by atoms with Gasteiger partial charge in [0.1, 0.15) is 0 Å². The SMILES string of the molecule is CNCc1cc(S(=O)(=O)NCc2ncon2)cn1C1CC1. The zero-order chi connectivity index (χ0) is 14.9. The van der Waals surface area contributed by atoms with E-state index in [4.69, 9.17) is 0 Å². The van der Waals surface area contributed by atoms with Crippen molar-refractivity contribution in [3.8, 4) is 0 Å². The van der Waals surface area contributed by atoms with Crippen molar-refractivity contribution < 1.29 is 12.9 Å². The van der Waals surface area contributed by atoms with Gasteiger partial charge in [-0.2, -0.15) is 4.98 Å². The van der Waals surface area contributed by atoms with Crippen molar-refractivity contribution in [3.63, 3.8) is 0 Å². The Labute approximate surface area is 122 Å². The Morgan fingerprint density at radius 3 is 2.86 bits per heavy atom. The van der Waals surface area contributed by atoms with E-state index in [0.717, 1.165) is 24.9 Å². The van der Waals surface area contributed by atoms with Crippen LogP contribution in [0.4, 0.5) is 0 Å². The first-order valence-electron chi connectivity index (χ1n) is 6.70. The van der Waals surface area contributed by atoms with Gasteiger partial charge in [0, 0.05) is 24.5 Å². The van der Waals surface area contributed by atoms with Gasteiger partial charge in [-0.15, -0.1) is 0 Å². The molecule has 0 radical (unpaired) electrons. The van der Waals surface area contributed by atoms with Crippen LogP contribution in [0.1, 0.15) is 30.4 Å². The van der Waals surface area contributed by atoms with Crippen molar-refractivity contribution in [2.45, 2.75) is 36.9 Å². The highest BCUT2D eigenvalue weighted by Gasteiger charge is 2.28. The minimum atomic E-state index is -3.58. The molecule has 3 rings (SSSR count). The molecule has 0 atom stereocenters. The predicted octanol–water partition coefficient (Wildman–Crippen LogP) is 0.404. The van der Waals surface area contributed by atoms with Crippen LogP contribution in [0.3, 0.4) is 0 Å². The zero-order valence-electron chi connectivity index (χ0n) is 11.6. The lowest BCUT2D eigenvalue weighted by Gasteiger charge is -2.05. The number of nitrogens with zero attached hydrogens (tertiary/aromatic N) is 3. The van der Waals surface area contributed by atoms with Crippen molar-refractivity contribution in [2.24, 2.45) is 0 Å². The van der Waals surface area contributed by atoms with Crippen molar-refractivity contribution in [1.82, 2.24) is 24.7 Å². The highest BCUT2D eigenvalue weighted by atomic mass is 32.2. The fraction of sp³-hybridized carbons (Fsp3) is 0.500. The molecule has 1 fully saturated rings. The molecule has 0 amide bonds. The Bertz CT molecular complexity index is 703. The first kappa shape index (κ1) is 14.2. The molecule has 21 heavy (non-hydrogen) atoms. The van der Waals surface area contributed by atoms with Crippen LogP contribution in [-0.4, -0.2) is 30.2 Å². The van der Waals surface area contributed by atoms with E-state index in [1.54, 1.807) is 12.3 Å². The summed E-state index contributed by atoms with van der Waals surface area (Å²) in [5, 5.41) is 6.63. The maximum Gasteiger partial charge on any atom is 0.242 e. The summed E-state index contributed by atoms with van der Waals surface area (Å²) in [7, 11) is -1.74. The maximum atomic E-state index is 12.3. The molecule has 2 aromatic rings. The third-order valence-corrected chi connectivity index (χ3v) is 4.71. The zero-order valence-corrected chi connectivity index (χ0v) is 12.4. The number of hydrogen-bond donors (Lipinski definition) is 2.